The fourth-order valence-electron chi connectivity index (χ4n) is 3.06. The average Bonchev–Trinajstić information content (AvgIpc) is 3.26. The van der Waals surface area contributed by atoms with Gasteiger partial charge in [0, 0.05) is 44.8 Å². The number of aryl methyl sites for hydroxylation is 1. The minimum atomic E-state index is 0.00622. The van der Waals surface area contributed by atoms with Gasteiger partial charge in [-0.2, -0.15) is 0 Å². The van der Waals surface area contributed by atoms with Crippen LogP contribution in [0.3, 0.4) is 0 Å². The number of hydrogen-bond acceptors (Lipinski definition) is 4. The molecule has 1 atom stereocenters. The van der Waals surface area contributed by atoms with E-state index in [9.17, 15) is 4.79 Å². The van der Waals surface area contributed by atoms with Crippen LogP contribution in [0.5, 0.6) is 0 Å². The van der Waals surface area contributed by atoms with Crippen LogP contribution in [-0.2, 0) is 7.05 Å². The molecule has 0 radical (unpaired) electrons. The van der Waals surface area contributed by atoms with Gasteiger partial charge in [0.25, 0.3) is 5.91 Å². The lowest BCUT2D eigenvalue weighted by Crippen LogP contribution is -2.32. The maximum atomic E-state index is 12.6. The van der Waals surface area contributed by atoms with Crippen LogP contribution in [0, 0.1) is 0 Å². The van der Waals surface area contributed by atoms with Gasteiger partial charge in [0.15, 0.2) is 5.65 Å². The maximum absolute atomic E-state index is 12.6. The van der Waals surface area contributed by atoms with Gasteiger partial charge in [-0.05, 0) is 24.6 Å². The van der Waals surface area contributed by atoms with Crippen LogP contribution in [0.15, 0.2) is 36.8 Å². The number of hydrogen-bond donors (Lipinski definition) is 1. The molecule has 1 aliphatic heterocycles. The fraction of sp³-hybridized carbons (Fsp3) is 0.312. The zero-order valence-corrected chi connectivity index (χ0v) is 13.9. The highest BCUT2D eigenvalue weighted by atomic mass is 35.5. The molecule has 0 aromatic carbocycles. The Bertz CT molecular complexity index is 901. The van der Waals surface area contributed by atoms with Crippen molar-refractivity contribution in [1.29, 1.82) is 0 Å². The zero-order chi connectivity index (χ0) is 16.7. The molecule has 0 spiro atoms. The molecule has 0 saturated carbocycles. The SMILES string of the molecule is Cn1cc(Cl)cc1C(=O)N1CCC(Nc2ccc3nccn3n2)C1. The van der Waals surface area contributed by atoms with Crippen molar-refractivity contribution >= 4 is 29.0 Å². The normalized spacial score (nSPS) is 17.6. The molecule has 1 saturated heterocycles. The summed E-state index contributed by atoms with van der Waals surface area (Å²) in [5.41, 5.74) is 1.42. The molecule has 0 aliphatic carbocycles. The predicted molar refractivity (Wildman–Crippen MR) is 91.3 cm³/mol. The third-order valence-electron chi connectivity index (χ3n) is 4.27. The van der Waals surface area contributed by atoms with Crippen molar-refractivity contribution in [2.45, 2.75) is 12.5 Å². The number of carbonyl (C=O) groups is 1. The van der Waals surface area contributed by atoms with E-state index >= 15 is 0 Å². The van der Waals surface area contributed by atoms with Crippen molar-refractivity contribution < 1.29 is 4.79 Å². The molecule has 4 rings (SSSR count). The number of aromatic nitrogens is 4. The Labute approximate surface area is 143 Å². The van der Waals surface area contributed by atoms with Crippen molar-refractivity contribution in [2.75, 3.05) is 18.4 Å². The number of nitrogens with zero attached hydrogens (tertiary/aromatic N) is 5. The van der Waals surface area contributed by atoms with Gasteiger partial charge in [-0.15, -0.1) is 5.10 Å². The van der Waals surface area contributed by atoms with Gasteiger partial charge in [-0.25, -0.2) is 9.50 Å². The molecule has 8 heteroatoms. The van der Waals surface area contributed by atoms with Crippen LogP contribution in [0.25, 0.3) is 5.65 Å². The largest absolute Gasteiger partial charge is 0.364 e. The average molecular weight is 345 g/mol. The Morgan fingerprint density at radius 1 is 1.42 bits per heavy atom. The Balaban J connectivity index is 1.44. The molecule has 124 valence electrons. The van der Waals surface area contributed by atoms with Gasteiger partial charge in [-0.3, -0.25) is 4.79 Å². The molecule has 1 aliphatic rings. The summed E-state index contributed by atoms with van der Waals surface area (Å²) < 4.78 is 3.49. The number of halogens is 1. The van der Waals surface area contributed by atoms with Crippen LogP contribution < -0.4 is 5.32 Å². The first-order valence-electron chi connectivity index (χ1n) is 7.78. The van der Waals surface area contributed by atoms with E-state index < -0.39 is 0 Å². The third kappa shape index (κ3) is 2.71. The fourth-order valence-corrected chi connectivity index (χ4v) is 3.31. The first-order chi connectivity index (χ1) is 11.6. The summed E-state index contributed by atoms with van der Waals surface area (Å²) in [6.45, 7) is 1.36. The smallest absolute Gasteiger partial charge is 0.270 e. The lowest BCUT2D eigenvalue weighted by molar-refractivity contribution is 0.0782. The van der Waals surface area contributed by atoms with E-state index in [1.54, 1.807) is 27.5 Å². The Kier molecular flexibility index (Phi) is 3.65. The number of nitrogens with one attached hydrogen (secondary N) is 1. The lowest BCUT2D eigenvalue weighted by atomic mass is 10.2. The molecule has 1 fully saturated rings. The second-order valence-corrected chi connectivity index (χ2v) is 6.42. The topological polar surface area (TPSA) is 67.5 Å². The molecular formula is C16H17ClN6O. The van der Waals surface area contributed by atoms with Crippen molar-refractivity contribution in [1.82, 2.24) is 24.1 Å². The lowest BCUT2D eigenvalue weighted by Gasteiger charge is -2.17. The molecule has 3 aromatic heterocycles. The van der Waals surface area contributed by atoms with E-state index in [4.69, 9.17) is 11.6 Å². The minimum Gasteiger partial charge on any atom is -0.364 e. The molecular weight excluding hydrogens is 328 g/mol. The second-order valence-electron chi connectivity index (χ2n) is 5.98. The van der Waals surface area contributed by atoms with Gasteiger partial charge in [0.1, 0.15) is 11.5 Å². The summed E-state index contributed by atoms with van der Waals surface area (Å²) in [6, 6.07) is 5.71. The molecule has 0 bridgehead atoms. The number of fused-ring (bicyclic) bond motifs is 1. The summed E-state index contributed by atoms with van der Waals surface area (Å²) in [4.78, 5) is 18.6. The molecule has 3 aromatic rings. The van der Waals surface area contributed by atoms with E-state index in [1.165, 1.54) is 0 Å². The predicted octanol–water partition coefficient (Wildman–Crippen LogP) is 2.05. The van der Waals surface area contributed by atoms with Crippen LogP contribution in [-0.4, -0.2) is 49.1 Å². The summed E-state index contributed by atoms with van der Waals surface area (Å²) in [7, 11) is 1.83. The molecule has 1 N–H and O–H groups in total. The summed E-state index contributed by atoms with van der Waals surface area (Å²) >= 11 is 5.97. The van der Waals surface area contributed by atoms with Gasteiger partial charge in [0.2, 0.25) is 0 Å². The monoisotopic (exact) mass is 344 g/mol. The second kappa shape index (κ2) is 5.83. The van der Waals surface area contributed by atoms with Gasteiger partial charge in [-0.1, -0.05) is 11.6 Å². The molecule has 7 nitrogen and oxygen atoms in total. The minimum absolute atomic E-state index is 0.00622. The molecule has 1 unspecified atom stereocenters. The van der Waals surface area contributed by atoms with E-state index in [0.717, 1.165) is 17.9 Å². The number of amides is 1. The van der Waals surface area contributed by atoms with Crippen LogP contribution in [0.1, 0.15) is 16.9 Å². The van der Waals surface area contributed by atoms with Gasteiger partial charge in [0.05, 0.1) is 5.02 Å². The highest BCUT2D eigenvalue weighted by Gasteiger charge is 2.28. The molecule has 4 heterocycles. The molecule has 1 amide bonds. The highest BCUT2D eigenvalue weighted by molar-refractivity contribution is 6.31. The molecule has 24 heavy (non-hydrogen) atoms. The first kappa shape index (κ1) is 15.0. The summed E-state index contributed by atoms with van der Waals surface area (Å²) in [6.07, 6.45) is 6.15. The van der Waals surface area contributed by atoms with E-state index in [0.29, 0.717) is 23.8 Å². The Morgan fingerprint density at radius 3 is 3.08 bits per heavy atom. The van der Waals surface area contributed by atoms with Gasteiger partial charge < -0.3 is 14.8 Å². The summed E-state index contributed by atoms with van der Waals surface area (Å²) in [5, 5.41) is 8.43. The first-order valence-corrected chi connectivity index (χ1v) is 8.16. The van der Waals surface area contributed by atoms with Crippen LogP contribution >= 0.6 is 11.6 Å². The van der Waals surface area contributed by atoms with Crippen molar-refractivity contribution in [2.24, 2.45) is 7.05 Å². The number of imidazole rings is 1. The van der Waals surface area contributed by atoms with Crippen LogP contribution in [0.2, 0.25) is 5.02 Å². The summed E-state index contributed by atoms with van der Waals surface area (Å²) in [5.74, 6) is 0.786. The number of anilines is 1. The van der Waals surface area contributed by atoms with Crippen LogP contribution in [0.4, 0.5) is 5.82 Å². The van der Waals surface area contributed by atoms with E-state index in [2.05, 4.69) is 15.4 Å². The van der Waals surface area contributed by atoms with Crippen molar-refractivity contribution in [3.63, 3.8) is 0 Å². The number of rotatable bonds is 3. The van der Waals surface area contributed by atoms with E-state index in [-0.39, 0.29) is 11.9 Å². The number of carbonyl (C=O) groups excluding carboxylic acids is 1. The Morgan fingerprint density at radius 2 is 2.29 bits per heavy atom. The van der Waals surface area contributed by atoms with Crippen molar-refractivity contribution in [3.8, 4) is 0 Å². The highest BCUT2D eigenvalue weighted by Crippen LogP contribution is 2.19. The maximum Gasteiger partial charge on any atom is 0.270 e. The van der Waals surface area contributed by atoms with Crippen molar-refractivity contribution in [3.05, 3.63) is 47.5 Å². The zero-order valence-electron chi connectivity index (χ0n) is 13.2. The number of likely N-dealkylation sites (tertiary alicyclic amines) is 1. The third-order valence-corrected chi connectivity index (χ3v) is 4.48. The van der Waals surface area contributed by atoms with Gasteiger partial charge >= 0.3 is 0 Å². The Hall–Kier alpha value is -2.54. The standard InChI is InChI=1S/C16H17ClN6O/c1-21-9-11(17)8-13(21)16(24)22-6-4-12(10-22)19-14-2-3-15-18-5-7-23(15)20-14/h2-3,5,7-9,12H,4,6,10H2,1H3,(H,19,20). The van der Waals surface area contributed by atoms with E-state index in [1.807, 2.05) is 30.3 Å². The quantitative estimate of drug-likeness (QED) is 0.789.